The van der Waals surface area contributed by atoms with Crippen molar-refractivity contribution < 1.29 is 18.7 Å². The molecule has 1 N–H and O–H groups in total. The lowest BCUT2D eigenvalue weighted by molar-refractivity contribution is -0.136. The number of furan rings is 1. The highest BCUT2D eigenvalue weighted by molar-refractivity contribution is 5.71. The first kappa shape index (κ1) is 21.6. The van der Waals surface area contributed by atoms with E-state index >= 15 is 0 Å². The minimum absolute atomic E-state index is 0.234. The number of rotatable bonds is 7. The van der Waals surface area contributed by atoms with E-state index in [2.05, 4.69) is 0 Å². The SMILES string of the molecule is Cc1ccc(Cc2nc3c(Cc4ccccc4)nc(-c4ccccc4F)cn3c2CC(=O)O)o1. The van der Waals surface area contributed by atoms with Crippen LogP contribution in [0.3, 0.4) is 0 Å². The Morgan fingerprint density at radius 3 is 2.44 bits per heavy atom. The molecule has 0 unspecified atom stereocenters. The normalized spacial score (nSPS) is 11.2. The molecule has 0 amide bonds. The molecule has 0 bridgehead atoms. The maximum atomic E-state index is 14.7. The van der Waals surface area contributed by atoms with Gasteiger partial charge >= 0.3 is 5.97 Å². The summed E-state index contributed by atoms with van der Waals surface area (Å²) in [5.41, 5.74) is 4.09. The van der Waals surface area contributed by atoms with Crippen LogP contribution in [0.25, 0.3) is 16.9 Å². The molecule has 0 spiro atoms. The zero-order chi connectivity index (χ0) is 23.7. The quantitative estimate of drug-likeness (QED) is 0.363. The number of carboxylic acids is 1. The molecule has 0 saturated carbocycles. The molecule has 0 saturated heterocycles. The van der Waals surface area contributed by atoms with Gasteiger partial charge in [-0.1, -0.05) is 42.5 Å². The van der Waals surface area contributed by atoms with E-state index in [-0.39, 0.29) is 6.42 Å². The van der Waals surface area contributed by atoms with Gasteiger partial charge in [-0.05, 0) is 36.8 Å². The number of carboxylic acid groups (broad SMARTS) is 1. The van der Waals surface area contributed by atoms with Gasteiger partial charge in [0.15, 0.2) is 5.65 Å². The van der Waals surface area contributed by atoms with Crippen molar-refractivity contribution >= 4 is 11.6 Å². The number of benzene rings is 2. The van der Waals surface area contributed by atoms with Crippen LogP contribution in [0.2, 0.25) is 0 Å². The Morgan fingerprint density at radius 2 is 1.74 bits per heavy atom. The summed E-state index contributed by atoms with van der Waals surface area (Å²) in [6.45, 7) is 1.86. The molecule has 0 atom stereocenters. The zero-order valence-corrected chi connectivity index (χ0v) is 18.5. The van der Waals surface area contributed by atoms with Crippen LogP contribution < -0.4 is 0 Å². The summed E-state index contributed by atoms with van der Waals surface area (Å²) in [5.74, 6) is 0.0880. The summed E-state index contributed by atoms with van der Waals surface area (Å²) in [6, 6.07) is 19.9. The van der Waals surface area contributed by atoms with Gasteiger partial charge < -0.3 is 9.52 Å². The molecule has 0 aliphatic rings. The van der Waals surface area contributed by atoms with Gasteiger partial charge in [-0.15, -0.1) is 0 Å². The average Bonchev–Trinajstić information content (AvgIpc) is 3.38. The lowest BCUT2D eigenvalue weighted by atomic mass is 10.1. The second kappa shape index (κ2) is 8.94. The van der Waals surface area contributed by atoms with Crippen LogP contribution in [0.1, 0.15) is 34.2 Å². The predicted octanol–water partition coefficient (Wildman–Crippen LogP) is 5.25. The van der Waals surface area contributed by atoms with E-state index in [0.717, 1.165) is 11.3 Å². The number of aliphatic carboxylic acids is 1. The summed E-state index contributed by atoms with van der Waals surface area (Å²) in [5, 5.41) is 9.63. The number of hydrogen-bond acceptors (Lipinski definition) is 4. The van der Waals surface area contributed by atoms with Crippen molar-refractivity contribution in [1.82, 2.24) is 14.4 Å². The summed E-state index contributed by atoms with van der Waals surface area (Å²) in [7, 11) is 0. The van der Waals surface area contributed by atoms with Crippen LogP contribution >= 0.6 is 0 Å². The number of imidazole rings is 1. The molecule has 5 aromatic rings. The zero-order valence-electron chi connectivity index (χ0n) is 18.5. The Labute approximate surface area is 195 Å². The molecule has 3 aromatic heterocycles. The van der Waals surface area contributed by atoms with E-state index in [9.17, 15) is 14.3 Å². The van der Waals surface area contributed by atoms with Gasteiger partial charge in [-0.3, -0.25) is 9.20 Å². The molecule has 0 fully saturated rings. The Bertz CT molecular complexity index is 1490. The van der Waals surface area contributed by atoms with Crippen molar-refractivity contribution in [3.05, 3.63) is 113 Å². The summed E-state index contributed by atoms with van der Waals surface area (Å²) in [4.78, 5) is 21.3. The van der Waals surface area contributed by atoms with Crippen molar-refractivity contribution in [2.45, 2.75) is 26.2 Å². The maximum absolute atomic E-state index is 14.7. The lowest BCUT2D eigenvalue weighted by Crippen LogP contribution is -2.08. The number of aromatic nitrogens is 3. The fourth-order valence-electron chi connectivity index (χ4n) is 4.13. The lowest BCUT2D eigenvalue weighted by Gasteiger charge is -2.10. The minimum atomic E-state index is -0.979. The second-order valence-corrected chi connectivity index (χ2v) is 8.17. The number of hydrogen-bond donors (Lipinski definition) is 1. The van der Waals surface area contributed by atoms with Gasteiger partial charge in [0.1, 0.15) is 17.3 Å². The van der Waals surface area contributed by atoms with Crippen molar-refractivity contribution in [2.75, 3.05) is 0 Å². The van der Waals surface area contributed by atoms with E-state index in [1.807, 2.05) is 49.4 Å². The number of nitrogens with zero attached hydrogens (tertiary/aromatic N) is 3. The summed E-state index contributed by atoms with van der Waals surface area (Å²) < 4.78 is 22.1. The largest absolute Gasteiger partial charge is 0.481 e. The Kier molecular flexibility index (Phi) is 5.67. The molecule has 7 heteroatoms. The smallest absolute Gasteiger partial charge is 0.309 e. The average molecular weight is 455 g/mol. The molecule has 170 valence electrons. The molecule has 34 heavy (non-hydrogen) atoms. The molecule has 5 rings (SSSR count). The maximum Gasteiger partial charge on any atom is 0.309 e. The van der Waals surface area contributed by atoms with E-state index in [1.165, 1.54) is 6.07 Å². The highest BCUT2D eigenvalue weighted by Crippen LogP contribution is 2.27. The minimum Gasteiger partial charge on any atom is -0.481 e. The molecule has 0 aliphatic carbocycles. The van der Waals surface area contributed by atoms with E-state index < -0.39 is 11.8 Å². The highest BCUT2D eigenvalue weighted by atomic mass is 19.1. The van der Waals surface area contributed by atoms with Gasteiger partial charge in [0, 0.05) is 18.2 Å². The first-order valence-corrected chi connectivity index (χ1v) is 10.9. The van der Waals surface area contributed by atoms with E-state index in [1.54, 1.807) is 28.8 Å². The van der Waals surface area contributed by atoms with Crippen LogP contribution in [0.5, 0.6) is 0 Å². The fraction of sp³-hybridized carbons (Fsp3) is 0.148. The summed E-state index contributed by atoms with van der Waals surface area (Å²) in [6.07, 6.45) is 2.25. The van der Waals surface area contributed by atoms with Gasteiger partial charge in [0.25, 0.3) is 0 Å². The predicted molar refractivity (Wildman–Crippen MR) is 125 cm³/mol. The van der Waals surface area contributed by atoms with Gasteiger partial charge in [0.05, 0.1) is 35.6 Å². The highest BCUT2D eigenvalue weighted by Gasteiger charge is 2.21. The number of halogens is 1. The molecular weight excluding hydrogens is 433 g/mol. The third-order valence-corrected chi connectivity index (χ3v) is 5.68. The standard InChI is InChI=1S/C27H22FN3O3/c1-17-11-12-19(34-17)14-22-25(15-26(32)33)31-16-24(20-9-5-6-10-21(20)28)29-23(27(31)30-22)13-18-7-3-2-4-8-18/h2-12,16H,13-15H2,1H3,(H,32,33). The number of aryl methyl sites for hydroxylation is 1. The van der Waals surface area contributed by atoms with E-state index in [4.69, 9.17) is 14.4 Å². The van der Waals surface area contributed by atoms with Crippen LogP contribution in [-0.2, 0) is 24.1 Å². The van der Waals surface area contributed by atoms with Crippen molar-refractivity contribution in [1.29, 1.82) is 0 Å². The van der Waals surface area contributed by atoms with Gasteiger partial charge in [0.2, 0.25) is 0 Å². The topological polar surface area (TPSA) is 80.6 Å². The third-order valence-electron chi connectivity index (χ3n) is 5.68. The molecule has 0 aliphatic heterocycles. The van der Waals surface area contributed by atoms with Crippen LogP contribution in [-0.4, -0.2) is 25.4 Å². The molecule has 6 nitrogen and oxygen atoms in total. The van der Waals surface area contributed by atoms with Crippen LogP contribution in [0.4, 0.5) is 4.39 Å². The number of carbonyl (C=O) groups is 1. The van der Waals surface area contributed by atoms with E-state index in [0.29, 0.717) is 52.6 Å². The Balaban J connectivity index is 1.73. The molecule has 2 aromatic carbocycles. The van der Waals surface area contributed by atoms with Gasteiger partial charge in [-0.2, -0.15) is 0 Å². The Morgan fingerprint density at radius 1 is 0.971 bits per heavy atom. The Hall–Kier alpha value is -4.26. The van der Waals surface area contributed by atoms with Crippen molar-refractivity contribution in [3.8, 4) is 11.3 Å². The molecule has 0 radical (unpaired) electrons. The van der Waals surface area contributed by atoms with Crippen molar-refractivity contribution in [3.63, 3.8) is 0 Å². The second-order valence-electron chi connectivity index (χ2n) is 8.17. The molecular formula is C27H22FN3O3. The monoisotopic (exact) mass is 455 g/mol. The summed E-state index contributed by atoms with van der Waals surface area (Å²) >= 11 is 0. The third kappa shape index (κ3) is 4.32. The first-order valence-electron chi connectivity index (χ1n) is 10.9. The fourth-order valence-corrected chi connectivity index (χ4v) is 4.13. The number of fused-ring (bicyclic) bond motifs is 1. The first-order chi connectivity index (χ1) is 16.5. The van der Waals surface area contributed by atoms with Gasteiger partial charge in [-0.25, -0.2) is 14.4 Å². The van der Waals surface area contributed by atoms with Crippen molar-refractivity contribution in [2.24, 2.45) is 0 Å². The molecule has 3 heterocycles. The van der Waals surface area contributed by atoms with Crippen LogP contribution in [0, 0.1) is 12.7 Å². The van der Waals surface area contributed by atoms with Crippen LogP contribution in [0.15, 0.2) is 77.3 Å².